The molecular formula is C38H48N2O6SSi2. The van der Waals surface area contributed by atoms with Gasteiger partial charge in [-0.15, -0.1) is 0 Å². The fraction of sp³-hybridized carbons (Fsp3) is 0.289. The van der Waals surface area contributed by atoms with Crippen LogP contribution < -0.4 is 30.4 Å². The molecule has 0 radical (unpaired) electrons. The molecule has 0 atom stereocenters. The van der Waals surface area contributed by atoms with E-state index in [0.717, 1.165) is 26.3 Å². The summed E-state index contributed by atoms with van der Waals surface area (Å²) in [6, 6.07) is 39.8. The van der Waals surface area contributed by atoms with Crippen molar-refractivity contribution in [1.82, 2.24) is 9.61 Å². The van der Waals surface area contributed by atoms with Gasteiger partial charge in [-0.1, -0.05) is 168 Å². The maximum absolute atomic E-state index is 13.1. The Balaban J connectivity index is 1.44. The molecule has 0 aliphatic carbocycles. The highest BCUT2D eigenvalue weighted by molar-refractivity contribution is 7.88. The zero-order chi connectivity index (χ0) is 35.8. The minimum atomic E-state index is -4.45. The Hall–Kier alpha value is -3.85. The zero-order valence-electron chi connectivity index (χ0n) is 29.4. The lowest BCUT2D eigenvalue weighted by Crippen LogP contribution is -2.69. The highest BCUT2D eigenvalue weighted by atomic mass is 32.2. The standard InChI is InChI=1S/C38H48N2O6SSi2/c1-31(30-45-48(37(2,3)4,32-20-12-8-13-21-32)33-22-14-9-15-23-33)28-29-44-36(41)39-47(42,43)40-46-49(38(5,6)7,34-24-16-10-17-25-34)35-26-18-11-19-27-35/h8-28,40H,29-30H2,1-7H3,(H,39,41)/b31-28+. The smallest absolute Gasteiger partial charge is 0.422 e. The Labute approximate surface area is 293 Å². The van der Waals surface area contributed by atoms with Gasteiger partial charge in [-0.3, -0.25) is 0 Å². The summed E-state index contributed by atoms with van der Waals surface area (Å²) < 4.78 is 46.5. The van der Waals surface area contributed by atoms with Crippen molar-refractivity contribution in [3.05, 3.63) is 133 Å². The minimum absolute atomic E-state index is 0.146. The first-order chi connectivity index (χ1) is 23.1. The van der Waals surface area contributed by atoms with Crippen molar-refractivity contribution in [2.24, 2.45) is 0 Å². The van der Waals surface area contributed by atoms with Crippen LogP contribution in [0.5, 0.6) is 0 Å². The van der Waals surface area contributed by atoms with Crippen molar-refractivity contribution in [3.63, 3.8) is 0 Å². The SMILES string of the molecule is C/C(=C\COC(=O)NS(=O)(=O)NO[Si](c1ccccc1)(c1ccccc1)C(C)(C)C)CO[Si](c1ccccc1)(c1ccccc1)C(C)(C)C. The molecule has 1 amide bonds. The number of hydrogen-bond acceptors (Lipinski definition) is 6. The van der Waals surface area contributed by atoms with Gasteiger partial charge in [-0.05, 0) is 49.4 Å². The van der Waals surface area contributed by atoms with Crippen molar-refractivity contribution in [2.45, 2.75) is 58.5 Å². The summed E-state index contributed by atoms with van der Waals surface area (Å²) in [7, 11) is -10.4. The number of benzene rings is 4. The third kappa shape index (κ3) is 8.85. The molecule has 0 aromatic heterocycles. The van der Waals surface area contributed by atoms with Crippen LogP contribution in [0.15, 0.2) is 133 Å². The first kappa shape index (κ1) is 38.0. The Kier molecular flexibility index (Phi) is 12.2. The predicted molar refractivity (Wildman–Crippen MR) is 203 cm³/mol. The molecule has 0 unspecified atom stereocenters. The van der Waals surface area contributed by atoms with E-state index in [1.165, 1.54) is 0 Å². The number of nitrogens with one attached hydrogen (secondary N) is 2. The van der Waals surface area contributed by atoms with Gasteiger partial charge in [-0.2, -0.15) is 8.42 Å². The maximum Gasteiger partial charge on any atom is 0.422 e. The number of amides is 1. The van der Waals surface area contributed by atoms with Gasteiger partial charge in [-0.25, -0.2) is 9.52 Å². The van der Waals surface area contributed by atoms with Gasteiger partial charge in [0, 0.05) is 0 Å². The lowest BCUT2D eigenvalue weighted by Gasteiger charge is -2.43. The van der Waals surface area contributed by atoms with E-state index in [4.69, 9.17) is 13.7 Å². The monoisotopic (exact) mass is 716 g/mol. The molecule has 0 fully saturated rings. The number of ether oxygens (including phenoxy) is 1. The van der Waals surface area contributed by atoms with Gasteiger partial charge < -0.3 is 13.7 Å². The van der Waals surface area contributed by atoms with Crippen molar-refractivity contribution >= 4 is 53.7 Å². The Morgan fingerprint density at radius 1 is 0.653 bits per heavy atom. The molecule has 8 nitrogen and oxygen atoms in total. The van der Waals surface area contributed by atoms with Gasteiger partial charge in [0.15, 0.2) is 0 Å². The minimum Gasteiger partial charge on any atom is -0.445 e. The van der Waals surface area contributed by atoms with Gasteiger partial charge in [0.05, 0.1) is 6.61 Å². The second kappa shape index (κ2) is 15.8. The third-order valence-electron chi connectivity index (χ3n) is 8.52. The molecule has 0 spiro atoms. The quantitative estimate of drug-likeness (QED) is 0.107. The van der Waals surface area contributed by atoms with Crippen LogP contribution in [0.3, 0.4) is 0 Å². The van der Waals surface area contributed by atoms with E-state index in [1.54, 1.807) is 6.08 Å². The van der Waals surface area contributed by atoms with E-state index in [9.17, 15) is 13.2 Å². The first-order valence-corrected chi connectivity index (χ1v) is 21.6. The normalized spacial score (nSPS) is 13.2. The third-order valence-corrected chi connectivity index (χ3v) is 19.2. The van der Waals surface area contributed by atoms with Crippen LogP contribution in [0.4, 0.5) is 4.79 Å². The summed E-state index contributed by atoms with van der Waals surface area (Å²) in [6.07, 6.45) is 0.589. The van der Waals surface area contributed by atoms with E-state index in [-0.39, 0.29) is 11.6 Å². The Morgan fingerprint density at radius 3 is 1.39 bits per heavy atom. The fourth-order valence-electron chi connectivity index (χ4n) is 6.23. The summed E-state index contributed by atoms with van der Waals surface area (Å²) >= 11 is 0. The molecule has 11 heteroatoms. The number of hydrogen-bond donors (Lipinski definition) is 2. The van der Waals surface area contributed by atoms with Crippen LogP contribution in [-0.2, 0) is 23.9 Å². The summed E-state index contributed by atoms with van der Waals surface area (Å²) in [5.41, 5.74) is 0.844. The van der Waals surface area contributed by atoms with Gasteiger partial charge in [0.25, 0.3) is 16.6 Å². The molecule has 2 N–H and O–H groups in total. The Morgan fingerprint density at radius 2 is 1.02 bits per heavy atom. The van der Waals surface area contributed by atoms with Crippen molar-refractivity contribution in [1.29, 1.82) is 0 Å². The highest BCUT2D eigenvalue weighted by Crippen LogP contribution is 2.37. The van der Waals surface area contributed by atoms with Crippen LogP contribution in [0.2, 0.25) is 10.1 Å². The lowest BCUT2D eigenvalue weighted by molar-refractivity contribution is 0.163. The van der Waals surface area contributed by atoms with Crippen LogP contribution in [-0.4, -0.2) is 44.4 Å². The van der Waals surface area contributed by atoms with Crippen LogP contribution in [0, 0.1) is 0 Å². The van der Waals surface area contributed by atoms with Gasteiger partial charge in [0.1, 0.15) is 6.61 Å². The first-order valence-electron chi connectivity index (χ1n) is 16.3. The maximum atomic E-state index is 13.1. The molecule has 4 aromatic rings. The average molecular weight is 717 g/mol. The average Bonchev–Trinajstić information content (AvgIpc) is 3.06. The predicted octanol–water partition coefficient (Wildman–Crippen LogP) is 5.56. The van der Waals surface area contributed by atoms with E-state index >= 15 is 0 Å². The summed E-state index contributed by atoms with van der Waals surface area (Å²) in [5.74, 6) is 0. The molecule has 49 heavy (non-hydrogen) atoms. The topological polar surface area (TPSA) is 103 Å². The van der Waals surface area contributed by atoms with E-state index < -0.39 is 38.0 Å². The largest absolute Gasteiger partial charge is 0.445 e. The van der Waals surface area contributed by atoms with Crippen LogP contribution in [0.1, 0.15) is 48.5 Å². The molecule has 0 saturated heterocycles. The second-order valence-electron chi connectivity index (χ2n) is 14.1. The summed E-state index contributed by atoms with van der Waals surface area (Å²) in [5, 5.41) is 3.40. The van der Waals surface area contributed by atoms with E-state index in [0.29, 0.717) is 6.61 Å². The fourth-order valence-corrected chi connectivity index (χ4v) is 16.0. The molecule has 0 aliphatic heterocycles. The molecule has 4 aromatic carbocycles. The van der Waals surface area contributed by atoms with Gasteiger partial charge >= 0.3 is 16.3 Å². The van der Waals surface area contributed by atoms with Crippen LogP contribution >= 0.6 is 0 Å². The number of carbonyl (C=O) groups is 1. The van der Waals surface area contributed by atoms with E-state index in [1.807, 2.05) is 129 Å². The highest BCUT2D eigenvalue weighted by Gasteiger charge is 2.52. The lowest BCUT2D eigenvalue weighted by atomic mass is 10.2. The second-order valence-corrected chi connectivity index (χ2v) is 24.0. The van der Waals surface area contributed by atoms with Gasteiger partial charge in [0.2, 0.25) is 0 Å². The molecule has 0 bridgehead atoms. The number of carbonyl (C=O) groups excluding carboxylic acids is 1. The molecular weight excluding hydrogens is 669 g/mol. The van der Waals surface area contributed by atoms with Crippen molar-refractivity contribution in [3.8, 4) is 0 Å². The van der Waals surface area contributed by atoms with Crippen LogP contribution in [0.25, 0.3) is 0 Å². The molecule has 260 valence electrons. The summed E-state index contributed by atoms with van der Waals surface area (Å²) in [4.78, 5) is 14.9. The van der Waals surface area contributed by atoms with E-state index in [2.05, 4.69) is 49.9 Å². The van der Waals surface area contributed by atoms with Crippen molar-refractivity contribution in [2.75, 3.05) is 13.2 Å². The molecule has 0 heterocycles. The Bertz CT molecular complexity index is 1710. The molecule has 0 saturated carbocycles. The van der Waals surface area contributed by atoms with Crippen molar-refractivity contribution < 1.29 is 26.9 Å². The zero-order valence-corrected chi connectivity index (χ0v) is 32.2. The molecule has 0 aliphatic rings. The number of rotatable bonds is 13. The molecule has 4 rings (SSSR count). The summed E-state index contributed by atoms with van der Waals surface area (Å²) in [6.45, 7) is 14.7.